The second kappa shape index (κ2) is 10.9. The molecule has 2 aromatic rings. The lowest BCUT2D eigenvalue weighted by Gasteiger charge is -2.33. The van der Waals surface area contributed by atoms with Crippen molar-refractivity contribution in [3.05, 3.63) is 59.9 Å². The van der Waals surface area contributed by atoms with E-state index in [9.17, 15) is 22.4 Å². The van der Waals surface area contributed by atoms with Gasteiger partial charge in [-0.15, -0.1) is 0 Å². The highest BCUT2D eigenvalue weighted by Gasteiger charge is 2.31. The van der Waals surface area contributed by atoms with Crippen LogP contribution in [0.5, 0.6) is 5.75 Å². The zero-order valence-corrected chi connectivity index (χ0v) is 21.1. The molecule has 10 heteroatoms. The number of sulfonamides is 1. The number of amides is 2. The van der Waals surface area contributed by atoms with Crippen LogP contribution < -0.4 is 14.4 Å². The predicted octanol–water partition coefficient (Wildman–Crippen LogP) is 2.93. The molecule has 1 N–H and O–H groups in total. The van der Waals surface area contributed by atoms with Crippen molar-refractivity contribution in [3.63, 3.8) is 0 Å². The van der Waals surface area contributed by atoms with E-state index in [0.29, 0.717) is 5.75 Å². The largest absolute Gasteiger partial charge is 0.497 e. The maximum atomic E-state index is 14.4. The molecule has 0 aromatic heterocycles. The van der Waals surface area contributed by atoms with Crippen LogP contribution in [-0.2, 0) is 26.2 Å². The van der Waals surface area contributed by atoms with Crippen molar-refractivity contribution < 1.29 is 27.1 Å². The van der Waals surface area contributed by atoms with E-state index in [0.717, 1.165) is 10.6 Å². The van der Waals surface area contributed by atoms with Gasteiger partial charge >= 0.3 is 0 Å². The molecule has 2 amide bonds. The Morgan fingerprint density at radius 3 is 2.18 bits per heavy atom. The molecule has 0 saturated carbocycles. The number of anilines is 1. The van der Waals surface area contributed by atoms with E-state index in [1.165, 1.54) is 49.3 Å². The Balaban J connectivity index is 2.41. The molecule has 0 saturated heterocycles. The summed E-state index contributed by atoms with van der Waals surface area (Å²) in [6.45, 7) is 6.16. The van der Waals surface area contributed by atoms with Crippen LogP contribution in [0.1, 0.15) is 33.3 Å². The number of nitrogens with one attached hydrogen (secondary N) is 1. The fraction of sp³-hybridized carbons (Fsp3) is 0.417. The first-order valence-corrected chi connectivity index (χ1v) is 12.5. The molecule has 0 fully saturated rings. The van der Waals surface area contributed by atoms with Crippen LogP contribution in [0.3, 0.4) is 0 Å². The number of hydrogen-bond acceptors (Lipinski definition) is 5. The SMILES string of the molecule is COc1ccc(N(CC(=O)N(Cc2ccccc2F)C(C)C(=O)NC(C)(C)C)S(C)(=O)=O)cc1. The zero-order chi connectivity index (χ0) is 25.7. The van der Waals surface area contributed by atoms with Crippen LogP contribution in [0.4, 0.5) is 10.1 Å². The van der Waals surface area contributed by atoms with E-state index >= 15 is 0 Å². The van der Waals surface area contributed by atoms with Crippen LogP contribution >= 0.6 is 0 Å². The van der Waals surface area contributed by atoms with Gasteiger partial charge in [-0.3, -0.25) is 13.9 Å². The number of ether oxygens (including phenoxy) is 1. The molecule has 0 radical (unpaired) electrons. The van der Waals surface area contributed by atoms with Gasteiger partial charge in [0.1, 0.15) is 24.2 Å². The first kappa shape index (κ1) is 27.1. The Hall–Kier alpha value is -3.14. The van der Waals surface area contributed by atoms with E-state index in [2.05, 4.69) is 5.32 Å². The molecule has 0 spiro atoms. The second-order valence-electron chi connectivity index (χ2n) is 9.00. The van der Waals surface area contributed by atoms with Gasteiger partial charge in [0.2, 0.25) is 21.8 Å². The minimum absolute atomic E-state index is 0.204. The van der Waals surface area contributed by atoms with E-state index in [4.69, 9.17) is 4.74 Å². The molecule has 0 heterocycles. The Morgan fingerprint density at radius 2 is 1.68 bits per heavy atom. The van der Waals surface area contributed by atoms with Gasteiger partial charge in [0, 0.05) is 17.6 Å². The molecule has 8 nitrogen and oxygen atoms in total. The summed E-state index contributed by atoms with van der Waals surface area (Å²) in [6, 6.07) is 11.1. The average Bonchev–Trinajstić information content (AvgIpc) is 2.74. The van der Waals surface area contributed by atoms with Gasteiger partial charge in [0.25, 0.3) is 0 Å². The van der Waals surface area contributed by atoms with E-state index < -0.39 is 45.8 Å². The summed E-state index contributed by atoms with van der Waals surface area (Å²) in [4.78, 5) is 27.5. The minimum atomic E-state index is -3.85. The monoisotopic (exact) mass is 493 g/mol. The van der Waals surface area contributed by atoms with Crippen molar-refractivity contribution in [2.45, 2.75) is 45.8 Å². The van der Waals surface area contributed by atoms with Crippen molar-refractivity contribution in [3.8, 4) is 5.75 Å². The summed E-state index contributed by atoms with van der Waals surface area (Å²) in [5.41, 5.74) is -0.0872. The van der Waals surface area contributed by atoms with Crippen LogP contribution in [-0.4, -0.2) is 56.6 Å². The maximum absolute atomic E-state index is 14.4. The molecular weight excluding hydrogens is 461 g/mol. The number of hydrogen-bond donors (Lipinski definition) is 1. The molecule has 2 aromatic carbocycles. The highest BCUT2D eigenvalue weighted by molar-refractivity contribution is 7.92. The van der Waals surface area contributed by atoms with Crippen molar-refractivity contribution in [1.29, 1.82) is 0 Å². The fourth-order valence-corrected chi connectivity index (χ4v) is 4.08. The third kappa shape index (κ3) is 7.44. The number of halogens is 1. The quantitative estimate of drug-likeness (QED) is 0.580. The molecule has 1 unspecified atom stereocenters. The van der Waals surface area contributed by atoms with Crippen LogP contribution in [0.2, 0.25) is 0 Å². The molecule has 1 atom stereocenters. The fourth-order valence-electron chi connectivity index (χ4n) is 3.23. The molecule has 2 rings (SSSR count). The standard InChI is InChI=1S/C24H32FN3O5S/c1-17(23(30)26-24(2,3)4)27(15-18-9-7-8-10-21(18)25)22(29)16-28(34(6,31)32)19-11-13-20(33-5)14-12-19/h7-14,17H,15-16H2,1-6H3,(H,26,30). The summed E-state index contributed by atoms with van der Waals surface area (Å²) in [5, 5.41) is 2.81. The summed E-state index contributed by atoms with van der Waals surface area (Å²) >= 11 is 0. The molecule has 0 bridgehead atoms. The topological polar surface area (TPSA) is 96.0 Å². The van der Waals surface area contributed by atoms with E-state index in [1.54, 1.807) is 39.0 Å². The lowest BCUT2D eigenvalue weighted by molar-refractivity contribution is -0.140. The summed E-state index contributed by atoms with van der Waals surface area (Å²) in [6.07, 6.45) is 0.988. The first-order valence-electron chi connectivity index (χ1n) is 10.7. The van der Waals surface area contributed by atoms with Gasteiger partial charge in [0.15, 0.2) is 0 Å². The smallest absolute Gasteiger partial charge is 0.244 e. The van der Waals surface area contributed by atoms with Crippen molar-refractivity contribution >= 4 is 27.5 Å². The van der Waals surface area contributed by atoms with Gasteiger partial charge < -0.3 is 15.0 Å². The minimum Gasteiger partial charge on any atom is -0.497 e. The summed E-state index contributed by atoms with van der Waals surface area (Å²) in [5.74, 6) is -1.09. The number of benzene rings is 2. The average molecular weight is 494 g/mol. The molecule has 0 aliphatic carbocycles. The lowest BCUT2D eigenvalue weighted by atomic mass is 10.1. The van der Waals surface area contributed by atoms with Gasteiger partial charge in [-0.25, -0.2) is 12.8 Å². The van der Waals surface area contributed by atoms with Crippen molar-refractivity contribution in [2.75, 3.05) is 24.2 Å². The van der Waals surface area contributed by atoms with Gasteiger partial charge in [0.05, 0.1) is 19.1 Å². The highest BCUT2D eigenvalue weighted by atomic mass is 32.2. The second-order valence-corrected chi connectivity index (χ2v) is 10.9. The van der Waals surface area contributed by atoms with Gasteiger partial charge in [-0.05, 0) is 58.0 Å². The lowest BCUT2D eigenvalue weighted by Crippen LogP contribution is -2.54. The number of carbonyl (C=O) groups is 2. The van der Waals surface area contributed by atoms with Gasteiger partial charge in [-0.2, -0.15) is 0 Å². The van der Waals surface area contributed by atoms with E-state index in [-0.39, 0.29) is 17.8 Å². The zero-order valence-electron chi connectivity index (χ0n) is 20.3. The molecule has 0 aliphatic heterocycles. The molecule has 186 valence electrons. The summed E-state index contributed by atoms with van der Waals surface area (Å²) in [7, 11) is -2.37. The molecular formula is C24H32FN3O5S. The normalized spacial score (nSPS) is 12.6. The molecule has 34 heavy (non-hydrogen) atoms. The highest BCUT2D eigenvalue weighted by Crippen LogP contribution is 2.22. The van der Waals surface area contributed by atoms with E-state index in [1.807, 2.05) is 0 Å². The Kier molecular flexibility index (Phi) is 8.66. The Labute approximate surface area is 200 Å². The first-order chi connectivity index (χ1) is 15.7. The Morgan fingerprint density at radius 1 is 1.09 bits per heavy atom. The van der Waals surface area contributed by atoms with Crippen LogP contribution in [0.25, 0.3) is 0 Å². The number of methoxy groups -OCH3 is 1. The third-order valence-corrected chi connectivity index (χ3v) is 6.14. The third-order valence-electron chi connectivity index (χ3n) is 5.00. The van der Waals surface area contributed by atoms with Crippen molar-refractivity contribution in [1.82, 2.24) is 10.2 Å². The number of carbonyl (C=O) groups excluding carboxylic acids is 2. The van der Waals surface area contributed by atoms with Crippen LogP contribution in [0, 0.1) is 5.82 Å². The van der Waals surface area contributed by atoms with Gasteiger partial charge in [-0.1, -0.05) is 18.2 Å². The molecule has 0 aliphatic rings. The van der Waals surface area contributed by atoms with Crippen LogP contribution in [0.15, 0.2) is 48.5 Å². The number of nitrogens with zero attached hydrogens (tertiary/aromatic N) is 2. The maximum Gasteiger partial charge on any atom is 0.244 e. The predicted molar refractivity (Wildman–Crippen MR) is 129 cm³/mol. The van der Waals surface area contributed by atoms with Crippen molar-refractivity contribution in [2.24, 2.45) is 0 Å². The summed E-state index contributed by atoms with van der Waals surface area (Å²) < 4.78 is 45.5. The Bertz CT molecular complexity index is 1110. The number of rotatable bonds is 9.